The van der Waals surface area contributed by atoms with Gasteiger partial charge >= 0.3 is 6.03 Å². The van der Waals surface area contributed by atoms with Crippen LogP contribution in [0.15, 0.2) is 0 Å². The van der Waals surface area contributed by atoms with Gasteiger partial charge in [0.15, 0.2) is 0 Å². The highest BCUT2D eigenvalue weighted by atomic mass is 16.2. The molecule has 4 N–H and O–H groups in total. The summed E-state index contributed by atoms with van der Waals surface area (Å²) in [6.07, 6.45) is 1.47. The van der Waals surface area contributed by atoms with E-state index in [4.69, 9.17) is 5.73 Å². The van der Waals surface area contributed by atoms with Gasteiger partial charge in [0.25, 0.3) is 0 Å². The Kier molecular flexibility index (Phi) is 6.08. The van der Waals surface area contributed by atoms with Crippen LogP contribution in [0.3, 0.4) is 0 Å². The number of nitrogens with two attached hydrogens (primary N) is 1. The first-order valence-electron chi connectivity index (χ1n) is 7.02. The largest absolute Gasteiger partial charge is 0.350 e. The summed E-state index contributed by atoms with van der Waals surface area (Å²) >= 11 is 0. The van der Waals surface area contributed by atoms with E-state index in [2.05, 4.69) is 10.6 Å². The monoisotopic (exact) mass is 270 g/mol. The minimum Gasteiger partial charge on any atom is -0.350 e. The van der Waals surface area contributed by atoms with Crippen molar-refractivity contribution in [1.29, 1.82) is 0 Å². The molecule has 0 bridgehead atoms. The van der Waals surface area contributed by atoms with E-state index >= 15 is 0 Å². The summed E-state index contributed by atoms with van der Waals surface area (Å²) in [7, 11) is 0. The van der Waals surface area contributed by atoms with Crippen LogP contribution in [-0.2, 0) is 4.79 Å². The number of rotatable bonds is 5. The fourth-order valence-corrected chi connectivity index (χ4v) is 2.25. The van der Waals surface area contributed by atoms with Crippen LogP contribution < -0.4 is 16.4 Å². The Morgan fingerprint density at radius 2 is 2.11 bits per heavy atom. The maximum atomic E-state index is 11.9. The van der Waals surface area contributed by atoms with E-state index in [0.29, 0.717) is 32.0 Å². The van der Waals surface area contributed by atoms with Crippen LogP contribution in [0.1, 0.15) is 33.6 Å². The number of hydrogen-bond acceptors (Lipinski definition) is 3. The molecule has 0 aliphatic carbocycles. The van der Waals surface area contributed by atoms with Crippen molar-refractivity contribution in [3.63, 3.8) is 0 Å². The zero-order valence-corrected chi connectivity index (χ0v) is 12.1. The predicted octanol–water partition coefficient (Wildman–Crippen LogP) is 0.280. The molecule has 1 aliphatic heterocycles. The molecule has 2 atom stereocenters. The van der Waals surface area contributed by atoms with Crippen molar-refractivity contribution in [2.45, 2.75) is 45.7 Å². The summed E-state index contributed by atoms with van der Waals surface area (Å²) in [4.78, 5) is 25.2. The van der Waals surface area contributed by atoms with Gasteiger partial charge in [0.2, 0.25) is 5.91 Å². The van der Waals surface area contributed by atoms with E-state index in [1.54, 1.807) is 4.90 Å². The van der Waals surface area contributed by atoms with E-state index in [1.165, 1.54) is 0 Å². The first-order chi connectivity index (χ1) is 8.93. The van der Waals surface area contributed by atoms with E-state index < -0.39 is 6.04 Å². The van der Waals surface area contributed by atoms with Crippen molar-refractivity contribution in [2.24, 2.45) is 11.7 Å². The molecule has 1 fully saturated rings. The van der Waals surface area contributed by atoms with Crippen LogP contribution in [-0.4, -0.2) is 48.6 Å². The molecule has 0 aromatic heterocycles. The lowest BCUT2D eigenvalue weighted by Gasteiger charge is -2.19. The summed E-state index contributed by atoms with van der Waals surface area (Å²) in [6, 6.07) is -0.502. The smallest absolute Gasteiger partial charge is 0.317 e. The van der Waals surface area contributed by atoms with Gasteiger partial charge in [-0.05, 0) is 25.7 Å². The molecule has 1 saturated heterocycles. The van der Waals surface area contributed by atoms with E-state index in [0.717, 1.165) is 6.42 Å². The minimum atomic E-state index is -0.460. The molecule has 1 heterocycles. The third-order valence-corrected chi connectivity index (χ3v) is 3.21. The van der Waals surface area contributed by atoms with Crippen molar-refractivity contribution in [2.75, 3.05) is 19.6 Å². The van der Waals surface area contributed by atoms with Crippen LogP contribution >= 0.6 is 0 Å². The van der Waals surface area contributed by atoms with E-state index in [1.807, 2.05) is 20.8 Å². The third-order valence-electron chi connectivity index (χ3n) is 3.21. The average Bonchev–Trinajstić information content (AvgIpc) is 2.77. The lowest BCUT2D eigenvalue weighted by molar-refractivity contribution is -0.123. The molecule has 3 amide bonds. The number of urea groups is 1. The van der Waals surface area contributed by atoms with Gasteiger partial charge in [-0.25, -0.2) is 4.79 Å². The van der Waals surface area contributed by atoms with Crippen molar-refractivity contribution in [3.05, 3.63) is 0 Å². The number of nitrogens with one attached hydrogen (secondary N) is 2. The van der Waals surface area contributed by atoms with Gasteiger partial charge in [-0.1, -0.05) is 13.8 Å². The lowest BCUT2D eigenvalue weighted by atomic mass is 10.0. The van der Waals surface area contributed by atoms with Gasteiger partial charge in [0.05, 0.1) is 6.04 Å². The Bertz CT molecular complexity index is 320. The summed E-state index contributed by atoms with van der Waals surface area (Å²) < 4.78 is 0. The Morgan fingerprint density at radius 3 is 2.68 bits per heavy atom. The quantitative estimate of drug-likeness (QED) is 0.670. The molecule has 0 spiro atoms. The Hall–Kier alpha value is -1.30. The van der Waals surface area contributed by atoms with Crippen LogP contribution in [0.2, 0.25) is 0 Å². The number of carbonyl (C=O) groups is 2. The molecule has 6 heteroatoms. The molecule has 1 aliphatic rings. The standard InChI is InChI=1S/C13H26N4O2/c1-4-15-13(19)17-6-5-10(8-17)16-12(18)11(14)7-9(2)3/h9-11H,4-8,14H2,1-3H3,(H,15,19)(H,16,18)/t10?,11-/m0/s1. The summed E-state index contributed by atoms with van der Waals surface area (Å²) in [5, 5.41) is 5.69. The van der Waals surface area contributed by atoms with Crippen LogP contribution in [0.5, 0.6) is 0 Å². The highest BCUT2D eigenvalue weighted by molar-refractivity contribution is 5.82. The topological polar surface area (TPSA) is 87.5 Å². The first-order valence-corrected chi connectivity index (χ1v) is 7.02. The minimum absolute atomic E-state index is 0.0216. The van der Waals surface area contributed by atoms with Gasteiger partial charge in [0.1, 0.15) is 0 Å². The highest BCUT2D eigenvalue weighted by Gasteiger charge is 2.28. The van der Waals surface area contributed by atoms with Gasteiger partial charge in [-0.3, -0.25) is 4.79 Å². The molecular formula is C13H26N4O2. The molecule has 0 saturated carbocycles. The second-order valence-electron chi connectivity index (χ2n) is 5.51. The summed E-state index contributed by atoms with van der Waals surface area (Å²) in [6.45, 7) is 7.82. The zero-order valence-electron chi connectivity index (χ0n) is 12.1. The molecule has 110 valence electrons. The molecule has 0 aromatic carbocycles. The number of nitrogens with zero attached hydrogens (tertiary/aromatic N) is 1. The predicted molar refractivity (Wildman–Crippen MR) is 74.6 cm³/mol. The Balaban J connectivity index is 2.35. The second-order valence-corrected chi connectivity index (χ2v) is 5.51. The van der Waals surface area contributed by atoms with Crippen molar-refractivity contribution in [3.8, 4) is 0 Å². The van der Waals surface area contributed by atoms with Crippen molar-refractivity contribution < 1.29 is 9.59 Å². The van der Waals surface area contributed by atoms with Crippen LogP contribution in [0, 0.1) is 5.92 Å². The maximum Gasteiger partial charge on any atom is 0.317 e. The normalized spacial score (nSPS) is 20.5. The number of hydrogen-bond donors (Lipinski definition) is 3. The van der Waals surface area contributed by atoms with E-state index in [9.17, 15) is 9.59 Å². The summed E-state index contributed by atoms with van der Waals surface area (Å²) in [5.74, 6) is 0.285. The van der Waals surface area contributed by atoms with Gasteiger partial charge in [0, 0.05) is 25.7 Å². The van der Waals surface area contributed by atoms with Gasteiger partial charge in [-0.2, -0.15) is 0 Å². The van der Waals surface area contributed by atoms with Crippen LogP contribution in [0.4, 0.5) is 4.79 Å². The first kappa shape index (κ1) is 15.8. The molecule has 1 unspecified atom stereocenters. The fraction of sp³-hybridized carbons (Fsp3) is 0.846. The number of likely N-dealkylation sites (tertiary alicyclic amines) is 1. The lowest BCUT2D eigenvalue weighted by Crippen LogP contribution is -2.47. The SMILES string of the molecule is CCNC(=O)N1CCC(NC(=O)[C@@H](N)CC(C)C)C1. The molecule has 6 nitrogen and oxygen atoms in total. The Labute approximate surface area is 115 Å². The fourth-order valence-electron chi connectivity index (χ4n) is 2.25. The average molecular weight is 270 g/mol. The number of amides is 3. The summed E-state index contributed by atoms with van der Waals surface area (Å²) in [5.41, 5.74) is 5.83. The van der Waals surface area contributed by atoms with Crippen molar-refractivity contribution in [1.82, 2.24) is 15.5 Å². The molecule has 0 radical (unpaired) electrons. The van der Waals surface area contributed by atoms with Crippen molar-refractivity contribution >= 4 is 11.9 Å². The molecule has 1 rings (SSSR count). The highest BCUT2D eigenvalue weighted by Crippen LogP contribution is 2.10. The van der Waals surface area contributed by atoms with Gasteiger partial charge in [-0.15, -0.1) is 0 Å². The van der Waals surface area contributed by atoms with Crippen LogP contribution in [0.25, 0.3) is 0 Å². The Morgan fingerprint density at radius 1 is 1.42 bits per heavy atom. The second kappa shape index (κ2) is 7.33. The van der Waals surface area contributed by atoms with Gasteiger partial charge < -0.3 is 21.3 Å². The molecule has 0 aromatic rings. The molecule has 19 heavy (non-hydrogen) atoms. The third kappa shape index (κ3) is 5.06. The zero-order chi connectivity index (χ0) is 14.4. The van der Waals surface area contributed by atoms with E-state index in [-0.39, 0.29) is 18.0 Å². The maximum absolute atomic E-state index is 11.9. The number of carbonyl (C=O) groups excluding carboxylic acids is 2. The molecular weight excluding hydrogens is 244 g/mol.